The third-order valence-electron chi connectivity index (χ3n) is 4.70. The molecule has 0 bridgehead atoms. The van der Waals surface area contributed by atoms with Gasteiger partial charge in [-0.25, -0.2) is 4.79 Å². The number of hydrogen-bond acceptors (Lipinski definition) is 4. The quantitative estimate of drug-likeness (QED) is 0.894. The van der Waals surface area contributed by atoms with E-state index in [1.165, 1.54) is 0 Å². The van der Waals surface area contributed by atoms with Crippen LogP contribution in [0, 0.1) is 0 Å². The summed E-state index contributed by atoms with van der Waals surface area (Å²) in [6.45, 7) is 9.73. The molecule has 0 fully saturated rings. The molecule has 3 rings (SSSR count). The summed E-state index contributed by atoms with van der Waals surface area (Å²) in [6, 6.07) is 5.47. The van der Waals surface area contributed by atoms with Crippen LogP contribution in [0.1, 0.15) is 44.9 Å². The topological polar surface area (TPSA) is 68.6 Å². The van der Waals surface area contributed by atoms with E-state index in [4.69, 9.17) is 9.47 Å². The summed E-state index contributed by atoms with van der Waals surface area (Å²) in [5.74, 6) is 1.50. The molecule has 1 aliphatic rings. The van der Waals surface area contributed by atoms with Crippen molar-refractivity contribution in [1.29, 1.82) is 0 Å². The molecule has 2 aromatic rings. The van der Waals surface area contributed by atoms with Crippen molar-refractivity contribution < 1.29 is 14.3 Å². The maximum atomic E-state index is 12.9. The van der Waals surface area contributed by atoms with Gasteiger partial charge in [0.15, 0.2) is 0 Å². The third kappa shape index (κ3) is 4.35. The Bertz CT molecular complexity index is 815. The fraction of sp³-hybridized carbons (Fsp3) is 0.500. The molecular weight excluding hydrogens is 344 g/mol. The summed E-state index contributed by atoms with van der Waals surface area (Å²) in [5, 5.41) is 7.36. The molecule has 146 valence electrons. The lowest BCUT2D eigenvalue weighted by molar-refractivity contribution is 0.0800. The zero-order valence-electron chi connectivity index (χ0n) is 16.7. The van der Waals surface area contributed by atoms with Crippen molar-refractivity contribution in [3.05, 3.63) is 41.7 Å². The molecular formula is C20H28N4O3. The van der Waals surface area contributed by atoms with Crippen LogP contribution >= 0.6 is 0 Å². The number of benzene rings is 1. The van der Waals surface area contributed by atoms with Crippen molar-refractivity contribution in [1.82, 2.24) is 20.0 Å². The molecule has 1 aromatic heterocycles. The van der Waals surface area contributed by atoms with Crippen molar-refractivity contribution >= 4 is 6.03 Å². The minimum absolute atomic E-state index is 0.118. The Morgan fingerprint density at radius 3 is 2.89 bits per heavy atom. The Morgan fingerprint density at radius 1 is 1.44 bits per heavy atom. The van der Waals surface area contributed by atoms with E-state index in [0.717, 1.165) is 29.2 Å². The first-order valence-electron chi connectivity index (χ1n) is 9.25. The molecule has 7 nitrogen and oxygen atoms in total. The van der Waals surface area contributed by atoms with E-state index in [2.05, 4.69) is 10.4 Å². The van der Waals surface area contributed by atoms with Crippen LogP contribution in [0.4, 0.5) is 4.79 Å². The number of fused-ring (bicyclic) bond motifs is 1. The van der Waals surface area contributed by atoms with Crippen LogP contribution in [0.3, 0.4) is 0 Å². The Balaban J connectivity index is 1.77. The average Bonchev–Trinajstić information content (AvgIpc) is 3.06. The second-order valence-electron chi connectivity index (χ2n) is 7.49. The first-order chi connectivity index (χ1) is 12.8. The van der Waals surface area contributed by atoms with Gasteiger partial charge in [-0.05, 0) is 39.8 Å². The lowest BCUT2D eigenvalue weighted by atomic mass is 10.1. The van der Waals surface area contributed by atoms with Crippen LogP contribution < -0.4 is 14.8 Å². The molecule has 7 heteroatoms. The van der Waals surface area contributed by atoms with Crippen LogP contribution in [0.15, 0.2) is 30.6 Å². The largest absolute Gasteiger partial charge is 0.497 e. The number of hydrogen-bond donors (Lipinski definition) is 1. The normalized spacial score (nSPS) is 16.7. The summed E-state index contributed by atoms with van der Waals surface area (Å²) in [5.41, 5.74) is 1.44. The van der Waals surface area contributed by atoms with E-state index in [1.807, 2.05) is 56.8 Å². The fourth-order valence-corrected chi connectivity index (χ4v) is 3.22. The van der Waals surface area contributed by atoms with Gasteiger partial charge in [0.2, 0.25) is 0 Å². The Hall–Kier alpha value is -2.70. The number of urea groups is 1. The van der Waals surface area contributed by atoms with Gasteiger partial charge in [-0.2, -0.15) is 5.10 Å². The summed E-state index contributed by atoms with van der Waals surface area (Å²) in [7, 11) is 1.63. The van der Waals surface area contributed by atoms with E-state index < -0.39 is 5.60 Å². The lowest BCUT2D eigenvalue weighted by Crippen LogP contribution is -2.47. The summed E-state index contributed by atoms with van der Waals surface area (Å²) < 4.78 is 13.3. The van der Waals surface area contributed by atoms with Gasteiger partial charge in [0.1, 0.15) is 17.1 Å². The van der Waals surface area contributed by atoms with E-state index >= 15 is 0 Å². The molecule has 0 saturated heterocycles. The van der Waals surface area contributed by atoms with Crippen LogP contribution in [0.25, 0.3) is 0 Å². The van der Waals surface area contributed by atoms with Crippen LogP contribution in [0.2, 0.25) is 0 Å². The number of aromatic nitrogens is 2. The molecule has 27 heavy (non-hydrogen) atoms. The molecule has 0 aliphatic carbocycles. The highest BCUT2D eigenvalue weighted by molar-refractivity contribution is 5.75. The highest BCUT2D eigenvalue weighted by Gasteiger charge is 2.32. The predicted octanol–water partition coefficient (Wildman–Crippen LogP) is 3.36. The number of rotatable bonds is 4. The highest BCUT2D eigenvalue weighted by Crippen LogP contribution is 2.32. The zero-order valence-corrected chi connectivity index (χ0v) is 16.7. The van der Waals surface area contributed by atoms with Crippen molar-refractivity contribution in [2.75, 3.05) is 13.7 Å². The maximum Gasteiger partial charge on any atom is 0.318 e. The van der Waals surface area contributed by atoms with Gasteiger partial charge < -0.3 is 19.7 Å². The molecule has 0 spiro atoms. The van der Waals surface area contributed by atoms with Crippen molar-refractivity contribution in [3.63, 3.8) is 0 Å². The Labute approximate surface area is 160 Å². The van der Waals surface area contributed by atoms with E-state index in [9.17, 15) is 4.79 Å². The number of amides is 2. The number of methoxy groups -OCH3 is 1. The smallest absolute Gasteiger partial charge is 0.318 e. The van der Waals surface area contributed by atoms with Crippen molar-refractivity contribution in [2.24, 2.45) is 0 Å². The number of aryl methyl sites for hydroxylation is 1. The van der Waals surface area contributed by atoms with Gasteiger partial charge in [-0.1, -0.05) is 0 Å². The monoisotopic (exact) mass is 372 g/mol. The first-order valence-corrected chi connectivity index (χ1v) is 9.25. The second kappa shape index (κ2) is 7.50. The van der Waals surface area contributed by atoms with E-state index in [-0.39, 0.29) is 12.1 Å². The predicted molar refractivity (Wildman–Crippen MR) is 103 cm³/mol. The van der Waals surface area contributed by atoms with Crippen LogP contribution in [0.5, 0.6) is 11.5 Å². The maximum absolute atomic E-state index is 12.9. The summed E-state index contributed by atoms with van der Waals surface area (Å²) in [6.07, 6.45) is 3.76. The van der Waals surface area contributed by atoms with Gasteiger partial charge in [-0.3, -0.25) is 4.68 Å². The van der Waals surface area contributed by atoms with Crippen LogP contribution in [-0.2, 0) is 13.1 Å². The highest BCUT2D eigenvalue weighted by atomic mass is 16.5. The molecule has 1 unspecified atom stereocenters. The Kier molecular flexibility index (Phi) is 5.30. The molecule has 1 atom stereocenters. The number of ether oxygens (including phenoxy) is 2. The SMILES string of the molecule is CCn1cc(C(C)NC(=O)N2Cc3ccc(OC)cc3OC(C)(C)C2)cn1. The fourth-order valence-electron chi connectivity index (χ4n) is 3.22. The number of nitrogens with one attached hydrogen (secondary N) is 1. The van der Waals surface area contributed by atoms with Crippen LogP contribution in [-0.4, -0.2) is 40.0 Å². The minimum Gasteiger partial charge on any atom is -0.497 e. The standard InChI is InChI=1S/C20H28N4O3/c1-6-24-12-16(10-21-24)14(2)22-19(25)23-11-15-7-8-17(26-5)9-18(15)27-20(3,4)13-23/h7-10,12,14H,6,11,13H2,1-5H3,(H,22,25). The number of nitrogens with zero attached hydrogens (tertiary/aromatic N) is 3. The second-order valence-corrected chi connectivity index (χ2v) is 7.49. The molecule has 0 radical (unpaired) electrons. The number of carbonyl (C=O) groups is 1. The summed E-state index contributed by atoms with van der Waals surface area (Å²) >= 11 is 0. The molecule has 2 heterocycles. The van der Waals surface area contributed by atoms with E-state index in [0.29, 0.717) is 13.1 Å². The van der Waals surface area contributed by atoms with Gasteiger partial charge in [0.25, 0.3) is 0 Å². The first kappa shape index (κ1) is 19.1. The third-order valence-corrected chi connectivity index (χ3v) is 4.70. The molecule has 1 N–H and O–H groups in total. The van der Waals surface area contributed by atoms with Crippen molar-refractivity contribution in [3.8, 4) is 11.5 Å². The lowest BCUT2D eigenvalue weighted by Gasteiger charge is -2.30. The summed E-state index contributed by atoms with van der Waals surface area (Å²) in [4.78, 5) is 14.7. The molecule has 1 aromatic carbocycles. The van der Waals surface area contributed by atoms with Gasteiger partial charge in [0.05, 0.1) is 32.4 Å². The average molecular weight is 372 g/mol. The van der Waals surface area contributed by atoms with Gasteiger partial charge in [-0.15, -0.1) is 0 Å². The van der Waals surface area contributed by atoms with Gasteiger partial charge in [0, 0.05) is 29.9 Å². The van der Waals surface area contributed by atoms with Gasteiger partial charge >= 0.3 is 6.03 Å². The minimum atomic E-state index is -0.509. The molecule has 0 saturated carbocycles. The molecule has 2 amide bonds. The Morgan fingerprint density at radius 2 is 2.22 bits per heavy atom. The molecule has 1 aliphatic heterocycles. The number of carbonyl (C=O) groups excluding carboxylic acids is 1. The van der Waals surface area contributed by atoms with E-state index in [1.54, 1.807) is 18.2 Å². The zero-order chi connectivity index (χ0) is 19.6. The van der Waals surface area contributed by atoms with Crippen molar-refractivity contribution in [2.45, 2.75) is 52.4 Å².